The zero-order chi connectivity index (χ0) is 12.5. The summed E-state index contributed by atoms with van der Waals surface area (Å²) in [6.07, 6.45) is 3.98. The molecule has 2 saturated heterocycles. The number of nitrogens with zero attached hydrogens (tertiary/aromatic N) is 2. The number of benzene rings is 1. The molecule has 2 aliphatic heterocycles. The SMILES string of the molecule is Cc1cc(F)cc(N2CCN3CCCCC3C2)c1. The van der Waals surface area contributed by atoms with Crippen LogP contribution in [-0.4, -0.2) is 37.1 Å². The first-order valence-electron chi connectivity index (χ1n) is 6.98. The molecule has 1 aromatic rings. The Morgan fingerprint density at radius 3 is 2.83 bits per heavy atom. The Labute approximate surface area is 108 Å². The van der Waals surface area contributed by atoms with Crippen molar-refractivity contribution in [2.75, 3.05) is 31.1 Å². The van der Waals surface area contributed by atoms with Gasteiger partial charge < -0.3 is 4.90 Å². The van der Waals surface area contributed by atoms with Crippen LogP contribution >= 0.6 is 0 Å². The molecule has 3 heteroatoms. The fourth-order valence-electron chi connectivity index (χ4n) is 3.29. The van der Waals surface area contributed by atoms with Crippen LogP contribution in [0.1, 0.15) is 24.8 Å². The topological polar surface area (TPSA) is 6.48 Å². The van der Waals surface area contributed by atoms with Crippen LogP contribution in [-0.2, 0) is 0 Å². The van der Waals surface area contributed by atoms with Gasteiger partial charge in [-0.05, 0) is 50.1 Å². The predicted octanol–water partition coefficient (Wildman–Crippen LogP) is 2.81. The largest absolute Gasteiger partial charge is 0.369 e. The molecule has 0 amide bonds. The van der Waals surface area contributed by atoms with Crippen molar-refractivity contribution in [3.63, 3.8) is 0 Å². The van der Waals surface area contributed by atoms with Gasteiger partial charge in [-0.15, -0.1) is 0 Å². The molecule has 0 aliphatic carbocycles. The molecule has 0 bridgehead atoms. The van der Waals surface area contributed by atoms with Crippen molar-refractivity contribution in [1.29, 1.82) is 0 Å². The molecule has 2 heterocycles. The fourth-order valence-corrected chi connectivity index (χ4v) is 3.29. The standard InChI is InChI=1S/C15H21FN2/c1-12-8-13(16)10-15(9-12)18-7-6-17-5-3-2-4-14(17)11-18/h8-10,14H,2-7,11H2,1H3. The molecule has 1 unspecified atom stereocenters. The summed E-state index contributed by atoms with van der Waals surface area (Å²) in [5, 5.41) is 0. The highest BCUT2D eigenvalue weighted by atomic mass is 19.1. The van der Waals surface area contributed by atoms with Gasteiger partial charge in [-0.3, -0.25) is 4.90 Å². The van der Waals surface area contributed by atoms with Crippen LogP contribution < -0.4 is 4.90 Å². The summed E-state index contributed by atoms with van der Waals surface area (Å²) in [5.41, 5.74) is 2.06. The van der Waals surface area contributed by atoms with Gasteiger partial charge in [0, 0.05) is 31.4 Å². The highest BCUT2D eigenvalue weighted by molar-refractivity contribution is 5.49. The monoisotopic (exact) mass is 248 g/mol. The van der Waals surface area contributed by atoms with E-state index in [0.717, 1.165) is 30.9 Å². The van der Waals surface area contributed by atoms with Crippen molar-refractivity contribution in [3.8, 4) is 0 Å². The normalized spacial score (nSPS) is 25.0. The highest BCUT2D eigenvalue weighted by Gasteiger charge is 2.28. The van der Waals surface area contributed by atoms with E-state index in [-0.39, 0.29) is 5.82 Å². The molecule has 18 heavy (non-hydrogen) atoms. The second kappa shape index (κ2) is 4.88. The number of anilines is 1. The third-order valence-electron chi connectivity index (χ3n) is 4.23. The second-order valence-electron chi connectivity index (χ2n) is 5.62. The first-order chi connectivity index (χ1) is 8.72. The second-order valence-corrected chi connectivity index (χ2v) is 5.62. The van der Waals surface area contributed by atoms with Crippen LogP contribution in [0.2, 0.25) is 0 Å². The van der Waals surface area contributed by atoms with Crippen LogP contribution in [0.4, 0.5) is 10.1 Å². The Morgan fingerprint density at radius 1 is 1.11 bits per heavy atom. The average Bonchev–Trinajstić information content (AvgIpc) is 2.37. The number of rotatable bonds is 1. The van der Waals surface area contributed by atoms with Gasteiger partial charge in [0.25, 0.3) is 0 Å². The van der Waals surface area contributed by atoms with Crippen molar-refractivity contribution < 1.29 is 4.39 Å². The van der Waals surface area contributed by atoms with Crippen LogP contribution in [0.3, 0.4) is 0 Å². The number of hydrogen-bond donors (Lipinski definition) is 0. The molecule has 2 aliphatic rings. The smallest absolute Gasteiger partial charge is 0.125 e. The van der Waals surface area contributed by atoms with Crippen molar-refractivity contribution in [2.24, 2.45) is 0 Å². The average molecular weight is 248 g/mol. The highest BCUT2D eigenvalue weighted by Crippen LogP contribution is 2.26. The maximum atomic E-state index is 13.5. The molecule has 2 fully saturated rings. The molecule has 0 spiro atoms. The Kier molecular flexibility index (Phi) is 3.25. The van der Waals surface area contributed by atoms with E-state index in [9.17, 15) is 4.39 Å². The Morgan fingerprint density at radius 2 is 2.00 bits per heavy atom. The lowest BCUT2D eigenvalue weighted by molar-refractivity contribution is 0.133. The van der Waals surface area contributed by atoms with Gasteiger partial charge in [0.2, 0.25) is 0 Å². The zero-order valence-electron chi connectivity index (χ0n) is 11.0. The van der Waals surface area contributed by atoms with Gasteiger partial charge in [0.15, 0.2) is 0 Å². The minimum Gasteiger partial charge on any atom is -0.369 e. The number of piperidine rings is 1. The summed E-state index contributed by atoms with van der Waals surface area (Å²) in [5.74, 6) is -0.115. The molecule has 0 radical (unpaired) electrons. The Balaban J connectivity index is 1.76. The minimum absolute atomic E-state index is 0.115. The summed E-state index contributed by atoms with van der Waals surface area (Å²) in [6.45, 7) is 6.42. The molecular weight excluding hydrogens is 227 g/mol. The van der Waals surface area contributed by atoms with Crippen molar-refractivity contribution in [3.05, 3.63) is 29.6 Å². The lowest BCUT2D eigenvalue weighted by Crippen LogP contribution is -2.54. The molecular formula is C15H21FN2. The van der Waals surface area contributed by atoms with Crippen molar-refractivity contribution in [1.82, 2.24) is 4.90 Å². The van der Waals surface area contributed by atoms with E-state index in [0.29, 0.717) is 6.04 Å². The van der Waals surface area contributed by atoms with Gasteiger partial charge in [0.1, 0.15) is 5.82 Å². The molecule has 98 valence electrons. The molecule has 0 N–H and O–H groups in total. The lowest BCUT2D eigenvalue weighted by atomic mass is 9.99. The maximum Gasteiger partial charge on any atom is 0.125 e. The fraction of sp³-hybridized carbons (Fsp3) is 0.600. The van der Waals surface area contributed by atoms with E-state index < -0.39 is 0 Å². The third kappa shape index (κ3) is 2.37. The molecule has 1 aromatic carbocycles. The first kappa shape index (κ1) is 12.0. The van der Waals surface area contributed by atoms with Gasteiger partial charge in [-0.25, -0.2) is 4.39 Å². The summed E-state index contributed by atoms with van der Waals surface area (Å²) >= 11 is 0. The van der Waals surface area contributed by atoms with Gasteiger partial charge in [-0.2, -0.15) is 0 Å². The molecule has 0 aromatic heterocycles. The van der Waals surface area contributed by atoms with Crippen LogP contribution in [0.15, 0.2) is 18.2 Å². The molecule has 1 atom stereocenters. The van der Waals surface area contributed by atoms with E-state index in [1.165, 1.54) is 25.8 Å². The number of halogens is 1. The maximum absolute atomic E-state index is 13.5. The molecule has 2 nitrogen and oxygen atoms in total. The minimum atomic E-state index is -0.115. The number of hydrogen-bond acceptors (Lipinski definition) is 2. The van der Waals surface area contributed by atoms with E-state index in [4.69, 9.17) is 0 Å². The van der Waals surface area contributed by atoms with Crippen LogP contribution in [0.5, 0.6) is 0 Å². The molecule has 3 rings (SSSR count). The van der Waals surface area contributed by atoms with Crippen molar-refractivity contribution in [2.45, 2.75) is 32.2 Å². The summed E-state index contributed by atoms with van der Waals surface area (Å²) < 4.78 is 13.5. The van der Waals surface area contributed by atoms with Gasteiger partial charge in [-0.1, -0.05) is 6.42 Å². The zero-order valence-corrected chi connectivity index (χ0v) is 11.0. The van der Waals surface area contributed by atoms with Gasteiger partial charge >= 0.3 is 0 Å². The Bertz CT molecular complexity index is 412. The van der Waals surface area contributed by atoms with Crippen LogP contribution in [0, 0.1) is 12.7 Å². The first-order valence-corrected chi connectivity index (χ1v) is 6.98. The number of piperazine rings is 1. The molecule has 0 saturated carbocycles. The van der Waals surface area contributed by atoms with Gasteiger partial charge in [0.05, 0.1) is 0 Å². The predicted molar refractivity (Wildman–Crippen MR) is 72.6 cm³/mol. The van der Waals surface area contributed by atoms with E-state index in [1.807, 2.05) is 6.92 Å². The third-order valence-corrected chi connectivity index (χ3v) is 4.23. The van der Waals surface area contributed by atoms with Crippen LogP contribution in [0.25, 0.3) is 0 Å². The van der Waals surface area contributed by atoms with E-state index in [2.05, 4.69) is 15.9 Å². The summed E-state index contributed by atoms with van der Waals surface area (Å²) in [4.78, 5) is 4.95. The summed E-state index contributed by atoms with van der Waals surface area (Å²) in [6, 6.07) is 6.05. The van der Waals surface area contributed by atoms with E-state index >= 15 is 0 Å². The van der Waals surface area contributed by atoms with E-state index in [1.54, 1.807) is 12.1 Å². The quantitative estimate of drug-likeness (QED) is 0.754. The number of aryl methyl sites for hydroxylation is 1. The number of fused-ring (bicyclic) bond motifs is 1. The van der Waals surface area contributed by atoms with Crippen molar-refractivity contribution >= 4 is 5.69 Å². The summed E-state index contributed by atoms with van der Waals surface area (Å²) in [7, 11) is 0. The lowest BCUT2D eigenvalue weighted by Gasteiger charge is -2.45. The Hall–Kier alpha value is -1.09.